The van der Waals surface area contributed by atoms with E-state index in [0.29, 0.717) is 0 Å². The van der Waals surface area contributed by atoms with E-state index < -0.39 is 0 Å². The first-order valence-electron chi connectivity index (χ1n) is 7.82. The third-order valence-electron chi connectivity index (χ3n) is 3.78. The molecule has 0 aliphatic carbocycles. The number of rotatable bonds is 5. The zero-order valence-corrected chi connectivity index (χ0v) is 13.3. The number of nitrogens with one attached hydrogen (secondary N) is 1. The molecule has 4 nitrogen and oxygen atoms in total. The summed E-state index contributed by atoms with van der Waals surface area (Å²) in [7, 11) is 0. The maximum absolute atomic E-state index is 4.60. The van der Waals surface area contributed by atoms with E-state index in [1.54, 1.807) is 0 Å². The summed E-state index contributed by atoms with van der Waals surface area (Å²) in [6, 6.07) is 2.11. The fourth-order valence-electron chi connectivity index (χ4n) is 2.88. The molecule has 0 aromatic carbocycles. The fraction of sp³-hybridized carbons (Fsp3) is 0.750. The van der Waals surface area contributed by atoms with Crippen molar-refractivity contribution in [3.05, 3.63) is 17.6 Å². The molecule has 0 spiro atoms. The van der Waals surface area contributed by atoms with Gasteiger partial charge in [-0.3, -0.25) is 0 Å². The number of nitrogens with zero attached hydrogens (tertiary/aromatic N) is 3. The van der Waals surface area contributed by atoms with Crippen LogP contribution in [0.15, 0.2) is 6.07 Å². The van der Waals surface area contributed by atoms with E-state index in [9.17, 15) is 0 Å². The Morgan fingerprint density at radius 2 is 2.15 bits per heavy atom. The van der Waals surface area contributed by atoms with Gasteiger partial charge in [0.2, 0.25) is 0 Å². The van der Waals surface area contributed by atoms with Crippen LogP contribution in [0.1, 0.15) is 38.2 Å². The Hall–Kier alpha value is -1.16. The second-order valence-electron chi connectivity index (χ2n) is 6.42. The molecule has 0 radical (unpaired) electrons. The lowest BCUT2D eigenvalue weighted by molar-refractivity contribution is 0.381. The molecule has 0 bridgehead atoms. The summed E-state index contributed by atoms with van der Waals surface area (Å²) < 4.78 is 0. The third-order valence-corrected chi connectivity index (χ3v) is 3.78. The van der Waals surface area contributed by atoms with Crippen molar-refractivity contribution in [1.29, 1.82) is 0 Å². The summed E-state index contributed by atoms with van der Waals surface area (Å²) in [4.78, 5) is 11.4. The highest BCUT2D eigenvalue weighted by Crippen LogP contribution is 2.21. The van der Waals surface area contributed by atoms with Gasteiger partial charge in [0.1, 0.15) is 11.6 Å². The number of piperidine rings is 1. The minimum absolute atomic E-state index is 0.724. The van der Waals surface area contributed by atoms with Crippen LogP contribution >= 0.6 is 0 Å². The number of aryl methyl sites for hydroxylation is 2. The van der Waals surface area contributed by atoms with E-state index in [1.807, 2.05) is 13.8 Å². The van der Waals surface area contributed by atoms with Gasteiger partial charge >= 0.3 is 0 Å². The second kappa shape index (κ2) is 7.02. The van der Waals surface area contributed by atoms with Crippen molar-refractivity contribution in [2.45, 2.75) is 40.5 Å². The predicted molar refractivity (Wildman–Crippen MR) is 84.2 cm³/mol. The van der Waals surface area contributed by atoms with Gasteiger partial charge in [-0.15, -0.1) is 0 Å². The van der Waals surface area contributed by atoms with E-state index in [4.69, 9.17) is 0 Å². The summed E-state index contributed by atoms with van der Waals surface area (Å²) in [6.07, 6.45) is 2.58. The SMILES string of the molecule is Cc1cc(N2CCCC(CNCC(C)C)C2)nc(C)n1. The van der Waals surface area contributed by atoms with Crippen LogP contribution in [0, 0.1) is 25.7 Å². The normalized spacial score (nSPS) is 19.6. The van der Waals surface area contributed by atoms with Gasteiger partial charge in [-0.05, 0) is 51.6 Å². The first kappa shape index (κ1) is 15.2. The van der Waals surface area contributed by atoms with Gasteiger partial charge in [0, 0.05) is 24.8 Å². The van der Waals surface area contributed by atoms with Crippen LogP contribution in [-0.4, -0.2) is 36.1 Å². The Balaban J connectivity index is 1.92. The molecule has 2 rings (SSSR count). The van der Waals surface area contributed by atoms with Gasteiger partial charge in [0.15, 0.2) is 0 Å². The van der Waals surface area contributed by atoms with Gasteiger partial charge in [0.25, 0.3) is 0 Å². The summed E-state index contributed by atoms with van der Waals surface area (Å²) in [6.45, 7) is 13.0. The molecule has 1 unspecified atom stereocenters. The zero-order chi connectivity index (χ0) is 14.5. The summed E-state index contributed by atoms with van der Waals surface area (Å²) in [5.74, 6) is 3.43. The summed E-state index contributed by atoms with van der Waals surface area (Å²) >= 11 is 0. The maximum atomic E-state index is 4.60. The van der Waals surface area contributed by atoms with Crippen LogP contribution < -0.4 is 10.2 Å². The van der Waals surface area contributed by atoms with E-state index in [2.05, 4.69) is 40.1 Å². The predicted octanol–water partition coefficient (Wildman–Crippen LogP) is 2.56. The maximum Gasteiger partial charge on any atom is 0.132 e. The number of hydrogen-bond donors (Lipinski definition) is 1. The Morgan fingerprint density at radius 1 is 1.35 bits per heavy atom. The van der Waals surface area contributed by atoms with Crippen molar-refractivity contribution in [1.82, 2.24) is 15.3 Å². The van der Waals surface area contributed by atoms with Crippen molar-refractivity contribution in [3.63, 3.8) is 0 Å². The standard InChI is InChI=1S/C16H28N4/c1-12(2)9-17-10-15-6-5-7-20(11-15)16-8-13(3)18-14(4)19-16/h8,12,15,17H,5-7,9-11H2,1-4H3. The van der Waals surface area contributed by atoms with E-state index in [1.165, 1.54) is 12.8 Å². The Labute approximate surface area is 123 Å². The lowest BCUT2D eigenvalue weighted by atomic mass is 9.97. The molecule has 0 saturated carbocycles. The molecule has 2 heterocycles. The van der Waals surface area contributed by atoms with Gasteiger partial charge in [-0.25, -0.2) is 9.97 Å². The van der Waals surface area contributed by atoms with Crippen molar-refractivity contribution in [2.24, 2.45) is 11.8 Å². The average Bonchev–Trinajstić information content (AvgIpc) is 2.37. The van der Waals surface area contributed by atoms with Gasteiger partial charge in [-0.1, -0.05) is 13.8 Å². The first-order valence-corrected chi connectivity index (χ1v) is 7.82. The molecule has 4 heteroatoms. The fourth-order valence-corrected chi connectivity index (χ4v) is 2.88. The zero-order valence-electron chi connectivity index (χ0n) is 13.3. The highest BCUT2D eigenvalue weighted by molar-refractivity contribution is 5.40. The molecule has 1 atom stereocenters. The van der Waals surface area contributed by atoms with Crippen LogP contribution in [0.4, 0.5) is 5.82 Å². The molecule has 1 aromatic heterocycles. The largest absolute Gasteiger partial charge is 0.356 e. The lowest BCUT2D eigenvalue weighted by Crippen LogP contribution is -2.40. The van der Waals surface area contributed by atoms with E-state index in [-0.39, 0.29) is 0 Å². The summed E-state index contributed by atoms with van der Waals surface area (Å²) in [5, 5.41) is 3.59. The lowest BCUT2D eigenvalue weighted by Gasteiger charge is -2.34. The quantitative estimate of drug-likeness (QED) is 0.897. The minimum atomic E-state index is 0.724. The molecule has 112 valence electrons. The molecule has 1 fully saturated rings. The van der Waals surface area contributed by atoms with Crippen molar-refractivity contribution >= 4 is 5.82 Å². The minimum Gasteiger partial charge on any atom is -0.356 e. The van der Waals surface area contributed by atoms with E-state index in [0.717, 1.165) is 55.4 Å². The molecular weight excluding hydrogens is 248 g/mol. The van der Waals surface area contributed by atoms with Crippen LogP contribution in [0.5, 0.6) is 0 Å². The number of hydrogen-bond acceptors (Lipinski definition) is 4. The number of anilines is 1. The van der Waals surface area contributed by atoms with Gasteiger partial charge < -0.3 is 10.2 Å². The molecule has 1 saturated heterocycles. The monoisotopic (exact) mass is 276 g/mol. The van der Waals surface area contributed by atoms with Crippen molar-refractivity contribution in [3.8, 4) is 0 Å². The van der Waals surface area contributed by atoms with Crippen LogP contribution in [0.25, 0.3) is 0 Å². The molecule has 0 amide bonds. The van der Waals surface area contributed by atoms with Crippen LogP contribution in [0.2, 0.25) is 0 Å². The van der Waals surface area contributed by atoms with Gasteiger partial charge in [-0.2, -0.15) is 0 Å². The van der Waals surface area contributed by atoms with Crippen molar-refractivity contribution < 1.29 is 0 Å². The second-order valence-corrected chi connectivity index (χ2v) is 6.42. The smallest absolute Gasteiger partial charge is 0.132 e. The Bertz CT molecular complexity index is 410. The third kappa shape index (κ3) is 4.44. The average molecular weight is 276 g/mol. The molecular formula is C16H28N4. The molecule has 1 aliphatic rings. The van der Waals surface area contributed by atoms with Crippen LogP contribution in [0.3, 0.4) is 0 Å². The Kier molecular flexibility index (Phi) is 5.35. The molecule has 20 heavy (non-hydrogen) atoms. The number of aromatic nitrogens is 2. The highest BCUT2D eigenvalue weighted by Gasteiger charge is 2.21. The van der Waals surface area contributed by atoms with Crippen molar-refractivity contribution in [2.75, 3.05) is 31.1 Å². The van der Waals surface area contributed by atoms with Crippen LogP contribution in [-0.2, 0) is 0 Å². The summed E-state index contributed by atoms with van der Waals surface area (Å²) in [5.41, 5.74) is 1.06. The molecule has 1 aromatic rings. The molecule has 1 aliphatic heterocycles. The Morgan fingerprint density at radius 3 is 2.85 bits per heavy atom. The van der Waals surface area contributed by atoms with E-state index >= 15 is 0 Å². The highest BCUT2D eigenvalue weighted by atomic mass is 15.2. The first-order chi connectivity index (χ1) is 9.54. The molecule has 1 N–H and O–H groups in total. The topological polar surface area (TPSA) is 41.0 Å². The van der Waals surface area contributed by atoms with Gasteiger partial charge in [0.05, 0.1) is 0 Å².